The van der Waals surface area contributed by atoms with E-state index in [0.717, 1.165) is 16.8 Å². The second-order valence-corrected chi connectivity index (χ2v) is 6.95. The number of para-hydroxylation sites is 1. The number of carbonyl (C=O) groups is 2. The minimum absolute atomic E-state index is 0.190. The van der Waals surface area contributed by atoms with Crippen LogP contribution in [0.1, 0.15) is 51.7 Å². The zero-order valence-corrected chi connectivity index (χ0v) is 16.2. The van der Waals surface area contributed by atoms with Crippen molar-refractivity contribution in [3.05, 3.63) is 89.2 Å². The summed E-state index contributed by atoms with van der Waals surface area (Å²) < 4.78 is 0. The third-order valence-electron chi connectivity index (χ3n) is 4.36. The van der Waals surface area contributed by atoms with Crippen molar-refractivity contribution in [3.63, 3.8) is 0 Å². The molecule has 1 heterocycles. The summed E-state index contributed by atoms with van der Waals surface area (Å²) in [5.41, 5.74) is 4.12. The number of anilines is 2. The lowest BCUT2D eigenvalue weighted by Gasteiger charge is -2.13. The molecule has 2 amide bonds. The number of nitrogens with one attached hydrogen (secondary N) is 2. The van der Waals surface area contributed by atoms with Crippen molar-refractivity contribution in [1.82, 2.24) is 4.98 Å². The zero-order chi connectivity index (χ0) is 20.1. The summed E-state index contributed by atoms with van der Waals surface area (Å²) in [7, 11) is 0. The Labute approximate surface area is 164 Å². The summed E-state index contributed by atoms with van der Waals surface area (Å²) in [5, 5.41) is 5.74. The molecule has 142 valence electrons. The maximum Gasteiger partial charge on any atom is 0.274 e. The summed E-state index contributed by atoms with van der Waals surface area (Å²) in [6.07, 6.45) is 1.47. The van der Waals surface area contributed by atoms with Crippen LogP contribution in [0.4, 0.5) is 11.4 Å². The van der Waals surface area contributed by atoms with Crippen molar-refractivity contribution in [2.75, 3.05) is 10.6 Å². The van der Waals surface area contributed by atoms with E-state index >= 15 is 0 Å². The van der Waals surface area contributed by atoms with Crippen LogP contribution in [0.3, 0.4) is 0 Å². The standard InChI is InChI=1S/C23H23N3O2/c1-15(2)19-9-4-5-10-20(19)26-23(28)21-14-17(11-12-24-21)22(27)25-18-8-6-7-16(3)13-18/h4-15H,1-3H3,(H,25,27)(H,26,28). The van der Waals surface area contributed by atoms with Gasteiger partial charge in [0.1, 0.15) is 5.69 Å². The molecule has 0 aliphatic carbocycles. The first-order valence-corrected chi connectivity index (χ1v) is 9.18. The minimum Gasteiger partial charge on any atom is -0.322 e. The first-order valence-electron chi connectivity index (χ1n) is 9.18. The fourth-order valence-corrected chi connectivity index (χ4v) is 2.92. The molecule has 0 saturated heterocycles. The van der Waals surface area contributed by atoms with E-state index in [-0.39, 0.29) is 23.4 Å². The molecule has 0 unspecified atom stereocenters. The zero-order valence-electron chi connectivity index (χ0n) is 16.2. The van der Waals surface area contributed by atoms with Gasteiger partial charge < -0.3 is 10.6 Å². The van der Waals surface area contributed by atoms with Crippen LogP contribution in [0, 0.1) is 6.92 Å². The van der Waals surface area contributed by atoms with Gasteiger partial charge in [-0.1, -0.05) is 44.2 Å². The number of nitrogens with zero attached hydrogens (tertiary/aromatic N) is 1. The summed E-state index contributed by atoms with van der Waals surface area (Å²) in [6, 6.07) is 18.3. The maximum absolute atomic E-state index is 12.7. The van der Waals surface area contributed by atoms with Gasteiger partial charge in [-0.05, 0) is 54.3 Å². The Morgan fingerprint density at radius 3 is 2.43 bits per heavy atom. The minimum atomic E-state index is -0.349. The molecule has 2 aromatic carbocycles. The second-order valence-electron chi connectivity index (χ2n) is 6.95. The Bertz CT molecular complexity index is 1010. The highest BCUT2D eigenvalue weighted by molar-refractivity contribution is 6.08. The highest BCUT2D eigenvalue weighted by Gasteiger charge is 2.14. The van der Waals surface area contributed by atoms with E-state index < -0.39 is 0 Å². The molecule has 3 aromatic rings. The van der Waals surface area contributed by atoms with Crippen LogP contribution in [0.2, 0.25) is 0 Å². The average molecular weight is 373 g/mol. The SMILES string of the molecule is Cc1cccc(NC(=O)c2ccnc(C(=O)Nc3ccccc3C(C)C)c2)c1. The smallest absolute Gasteiger partial charge is 0.274 e. The molecule has 0 aliphatic heterocycles. The van der Waals surface area contributed by atoms with E-state index in [2.05, 4.69) is 29.5 Å². The summed E-state index contributed by atoms with van der Waals surface area (Å²) >= 11 is 0. The molecule has 0 radical (unpaired) electrons. The first-order chi connectivity index (χ1) is 13.4. The highest BCUT2D eigenvalue weighted by atomic mass is 16.2. The molecule has 0 aliphatic rings. The Balaban J connectivity index is 1.77. The van der Waals surface area contributed by atoms with Crippen molar-refractivity contribution in [2.45, 2.75) is 26.7 Å². The Morgan fingerprint density at radius 2 is 1.68 bits per heavy atom. The number of carbonyl (C=O) groups excluding carboxylic acids is 2. The van der Waals surface area contributed by atoms with Crippen molar-refractivity contribution >= 4 is 23.2 Å². The van der Waals surface area contributed by atoms with Gasteiger partial charge in [-0.15, -0.1) is 0 Å². The monoisotopic (exact) mass is 373 g/mol. The van der Waals surface area contributed by atoms with Gasteiger partial charge in [-0.25, -0.2) is 0 Å². The Morgan fingerprint density at radius 1 is 0.893 bits per heavy atom. The fourth-order valence-electron chi connectivity index (χ4n) is 2.92. The predicted molar refractivity (Wildman–Crippen MR) is 112 cm³/mol. The van der Waals surface area contributed by atoms with Gasteiger partial charge in [-0.3, -0.25) is 14.6 Å². The van der Waals surface area contributed by atoms with Gasteiger partial charge in [0, 0.05) is 23.1 Å². The molecule has 0 spiro atoms. The molecular weight excluding hydrogens is 350 g/mol. The lowest BCUT2D eigenvalue weighted by molar-refractivity contribution is 0.102. The van der Waals surface area contributed by atoms with E-state index in [1.807, 2.05) is 55.5 Å². The molecule has 3 rings (SSSR count). The predicted octanol–water partition coefficient (Wildman–Crippen LogP) is 5.02. The molecule has 5 nitrogen and oxygen atoms in total. The Kier molecular flexibility index (Phi) is 5.84. The van der Waals surface area contributed by atoms with Gasteiger partial charge in [0.25, 0.3) is 11.8 Å². The third-order valence-corrected chi connectivity index (χ3v) is 4.36. The van der Waals surface area contributed by atoms with Crippen molar-refractivity contribution < 1.29 is 9.59 Å². The maximum atomic E-state index is 12.7. The first kappa shape index (κ1) is 19.3. The van der Waals surface area contributed by atoms with Gasteiger partial charge in [0.05, 0.1) is 0 Å². The van der Waals surface area contributed by atoms with Gasteiger partial charge in [-0.2, -0.15) is 0 Å². The van der Waals surface area contributed by atoms with Crippen LogP contribution in [-0.2, 0) is 0 Å². The molecule has 0 atom stereocenters. The molecule has 0 bridgehead atoms. The summed E-state index contributed by atoms with van der Waals surface area (Å²) in [6.45, 7) is 6.10. The van der Waals surface area contributed by atoms with E-state index in [4.69, 9.17) is 0 Å². The number of amides is 2. The van der Waals surface area contributed by atoms with Gasteiger partial charge in [0.15, 0.2) is 0 Å². The van der Waals surface area contributed by atoms with Crippen LogP contribution in [0.15, 0.2) is 66.9 Å². The third kappa shape index (κ3) is 4.62. The molecule has 0 fully saturated rings. The molecule has 2 N–H and O–H groups in total. The molecule has 1 aromatic heterocycles. The number of pyridine rings is 1. The number of hydrogen-bond acceptors (Lipinski definition) is 3. The van der Waals surface area contributed by atoms with Crippen LogP contribution in [0.25, 0.3) is 0 Å². The summed E-state index contributed by atoms with van der Waals surface area (Å²) in [4.78, 5) is 29.3. The van der Waals surface area contributed by atoms with Gasteiger partial charge in [0.2, 0.25) is 0 Å². The topological polar surface area (TPSA) is 71.1 Å². The normalized spacial score (nSPS) is 10.6. The van der Waals surface area contributed by atoms with Crippen LogP contribution >= 0.6 is 0 Å². The number of hydrogen-bond donors (Lipinski definition) is 2. The lowest BCUT2D eigenvalue weighted by atomic mass is 10.0. The van der Waals surface area contributed by atoms with E-state index in [9.17, 15) is 9.59 Å². The van der Waals surface area contributed by atoms with Crippen LogP contribution < -0.4 is 10.6 Å². The quantitative estimate of drug-likeness (QED) is 0.660. The average Bonchev–Trinajstić information content (AvgIpc) is 2.68. The highest BCUT2D eigenvalue weighted by Crippen LogP contribution is 2.24. The van der Waals surface area contributed by atoms with Crippen LogP contribution in [0.5, 0.6) is 0 Å². The molecular formula is C23H23N3O2. The summed E-state index contributed by atoms with van der Waals surface area (Å²) in [5.74, 6) is -0.362. The van der Waals surface area contributed by atoms with Gasteiger partial charge >= 0.3 is 0 Å². The fraction of sp³-hybridized carbons (Fsp3) is 0.174. The van der Waals surface area contributed by atoms with Crippen molar-refractivity contribution in [1.29, 1.82) is 0 Å². The van der Waals surface area contributed by atoms with Crippen molar-refractivity contribution in [3.8, 4) is 0 Å². The van der Waals surface area contributed by atoms with Crippen LogP contribution in [-0.4, -0.2) is 16.8 Å². The number of aryl methyl sites for hydroxylation is 1. The second kappa shape index (κ2) is 8.48. The number of rotatable bonds is 5. The van der Waals surface area contributed by atoms with E-state index in [1.54, 1.807) is 6.07 Å². The lowest BCUT2D eigenvalue weighted by Crippen LogP contribution is -2.17. The Hall–Kier alpha value is -3.47. The number of benzene rings is 2. The molecule has 0 saturated carbocycles. The molecule has 5 heteroatoms. The largest absolute Gasteiger partial charge is 0.322 e. The van der Waals surface area contributed by atoms with Crippen molar-refractivity contribution in [2.24, 2.45) is 0 Å². The van der Waals surface area contributed by atoms with E-state index in [0.29, 0.717) is 11.3 Å². The number of aromatic nitrogens is 1. The molecule has 28 heavy (non-hydrogen) atoms. The van der Waals surface area contributed by atoms with E-state index in [1.165, 1.54) is 12.3 Å².